The van der Waals surface area contributed by atoms with Crippen molar-refractivity contribution < 1.29 is 13.9 Å². The highest BCUT2D eigenvalue weighted by Crippen LogP contribution is 2.31. The Morgan fingerprint density at radius 2 is 1.94 bits per heavy atom. The van der Waals surface area contributed by atoms with Crippen LogP contribution in [0.5, 0.6) is 0 Å². The molecule has 10 heteroatoms. The third-order valence-electron chi connectivity index (χ3n) is 6.60. The van der Waals surface area contributed by atoms with Crippen molar-refractivity contribution in [3.8, 4) is 11.1 Å². The Labute approximate surface area is 195 Å². The summed E-state index contributed by atoms with van der Waals surface area (Å²) in [5.74, 6) is 0.372. The molecule has 4 aromatic rings. The average Bonchev–Trinajstić information content (AvgIpc) is 3.39. The van der Waals surface area contributed by atoms with E-state index in [0.717, 1.165) is 28.0 Å². The zero-order valence-electron chi connectivity index (χ0n) is 18.6. The van der Waals surface area contributed by atoms with E-state index in [1.807, 2.05) is 34.7 Å². The Morgan fingerprint density at radius 1 is 1.15 bits per heavy atom. The number of carbonyl (C=O) groups excluding carboxylic acids is 1. The molecule has 5 heterocycles. The van der Waals surface area contributed by atoms with E-state index in [4.69, 9.17) is 4.74 Å². The topological polar surface area (TPSA) is 89.6 Å². The van der Waals surface area contributed by atoms with E-state index in [9.17, 15) is 9.18 Å². The summed E-state index contributed by atoms with van der Waals surface area (Å²) >= 11 is 0. The van der Waals surface area contributed by atoms with Gasteiger partial charge < -0.3 is 15.0 Å². The van der Waals surface area contributed by atoms with Crippen LogP contribution >= 0.6 is 0 Å². The van der Waals surface area contributed by atoms with Gasteiger partial charge in [0.1, 0.15) is 17.7 Å². The fourth-order valence-corrected chi connectivity index (χ4v) is 4.36. The third kappa shape index (κ3) is 3.69. The molecule has 0 bridgehead atoms. The molecule has 2 aliphatic rings. The monoisotopic (exact) mass is 461 g/mol. The first-order valence-electron chi connectivity index (χ1n) is 11.3. The van der Waals surface area contributed by atoms with Crippen molar-refractivity contribution >= 4 is 17.2 Å². The van der Waals surface area contributed by atoms with Crippen LogP contribution in [-0.2, 0) is 9.53 Å². The maximum absolute atomic E-state index is 13.2. The van der Waals surface area contributed by atoms with Crippen molar-refractivity contribution in [3.63, 3.8) is 0 Å². The molecule has 174 valence electrons. The fraction of sp³-hybridized carbons (Fsp3) is 0.333. The number of nitrogens with one attached hydrogen (secondary N) is 1. The van der Waals surface area contributed by atoms with Crippen molar-refractivity contribution in [1.29, 1.82) is 0 Å². The van der Waals surface area contributed by atoms with E-state index in [1.54, 1.807) is 12.1 Å². The second-order valence-corrected chi connectivity index (χ2v) is 8.93. The lowest BCUT2D eigenvalue weighted by Gasteiger charge is -2.39. The van der Waals surface area contributed by atoms with E-state index >= 15 is 0 Å². The number of carbonyl (C=O) groups is 1. The Hall–Kier alpha value is -3.79. The average molecular weight is 462 g/mol. The number of benzene rings is 1. The van der Waals surface area contributed by atoms with Crippen LogP contribution in [0.4, 0.5) is 10.2 Å². The minimum Gasteiger partial charge on any atom is -0.377 e. The maximum atomic E-state index is 13.2. The first-order chi connectivity index (χ1) is 16.5. The van der Waals surface area contributed by atoms with Gasteiger partial charge in [0, 0.05) is 36.6 Å². The van der Waals surface area contributed by atoms with Crippen LogP contribution < -0.4 is 10.2 Å². The van der Waals surface area contributed by atoms with Crippen LogP contribution in [-0.4, -0.2) is 56.6 Å². The number of rotatable bonds is 6. The summed E-state index contributed by atoms with van der Waals surface area (Å²) in [6.07, 6.45) is 7.38. The third-order valence-corrected chi connectivity index (χ3v) is 6.60. The molecule has 1 N–H and O–H groups in total. The Bertz CT molecular complexity index is 1340. The smallest absolute Gasteiger partial charge is 0.227 e. The van der Waals surface area contributed by atoms with Gasteiger partial charge >= 0.3 is 0 Å². The molecule has 0 aliphatic carbocycles. The van der Waals surface area contributed by atoms with Crippen molar-refractivity contribution in [1.82, 2.24) is 29.7 Å². The molecule has 0 unspecified atom stereocenters. The largest absolute Gasteiger partial charge is 0.377 e. The lowest BCUT2D eigenvalue weighted by atomic mass is 9.98. The number of aromatic nitrogens is 5. The Balaban J connectivity index is 1.14. The Morgan fingerprint density at radius 3 is 2.68 bits per heavy atom. The summed E-state index contributed by atoms with van der Waals surface area (Å²) in [6.45, 7) is 4.45. The van der Waals surface area contributed by atoms with Gasteiger partial charge in [-0.05, 0) is 30.7 Å². The molecule has 2 fully saturated rings. The van der Waals surface area contributed by atoms with Gasteiger partial charge in [-0.2, -0.15) is 10.2 Å². The molecular weight excluding hydrogens is 437 g/mol. The molecule has 9 nitrogen and oxygen atoms in total. The van der Waals surface area contributed by atoms with E-state index in [0.29, 0.717) is 32.3 Å². The van der Waals surface area contributed by atoms with Crippen LogP contribution in [0.3, 0.4) is 0 Å². The van der Waals surface area contributed by atoms with Gasteiger partial charge in [0.2, 0.25) is 5.91 Å². The van der Waals surface area contributed by atoms with E-state index < -0.39 is 0 Å². The number of fused-ring (bicyclic) bond motifs is 1. The Kier molecular flexibility index (Phi) is 5.02. The molecule has 34 heavy (non-hydrogen) atoms. The van der Waals surface area contributed by atoms with Crippen LogP contribution in [0, 0.1) is 11.7 Å². The molecular formula is C24H24FN7O2. The van der Waals surface area contributed by atoms with Gasteiger partial charge in [-0.3, -0.25) is 9.48 Å². The highest BCUT2D eigenvalue weighted by molar-refractivity contribution is 5.84. The number of ether oxygens (including phenoxy) is 1. The van der Waals surface area contributed by atoms with Gasteiger partial charge in [0.25, 0.3) is 0 Å². The number of anilines is 1. The SMILES string of the molecule is C[C@H](NC(=O)C1CN(c2ncnn3cc(-c4cnn(C5COC5)c4)cc23)C1)c1ccc(F)cc1. The van der Waals surface area contributed by atoms with Crippen LogP contribution in [0.15, 0.2) is 55.2 Å². The molecule has 6 rings (SSSR count). The van der Waals surface area contributed by atoms with Crippen LogP contribution in [0.25, 0.3) is 16.6 Å². The van der Waals surface area contributed by atoms with Gasteiger partial charge in [-0.25, -0.2) is 13.9 Å². The zero-order chi connectivity index (χ0) is 23.2. The van der Waals surface area contributed by atoms with Crippen molar-refractivity contribution in [3.05, 3.63) is 66.6 Å². The predicted octanol–water partition coefficient (Wildman–Crippen LogP) is 2.62. The first kappa shape index (κ1) is 20.8. The van der Waals surface area contributed by atoms with E-state index in [-0.39, 0.29) is 23.7 Å². The second kappa shape index (κ2) is 8.21. The van der Waals surface area contributed by atoms with Crippen molar-refractivity contribution in [2.75, 3.05) is 31.2 Å². The highest BCUT2D eigenvalue weighted by atomic mass is 19.1. The fourth-order valence-electron chi connectivity index (χ4n) is 4.36. The van der Waals surface area contributed by atoms with Gasteiger partial charge in [-0.15, -0.1) is 0 Å². The minimum absolute atomic E-state index is 0.0124. The normalized spacial score (nSPS) is 17.4. The molecule has 0 saturated carbocycles. The second-order valence-electron chi connectivity index (χ2n) is 8.93. The quantitative estimate of drug-likeness (QED) is 0.475. The highest BCUT2D eigenvalue weighted by Gasteiger charge is 2.35. The molecule has 0 spiro atoms. The van der Waals surface area contributed by atoms with Crippen molar-refractivity contribution in [2.45, 2.75) is 19.0 Å². The standard InChI is InChI=1S/C24H24FN7O2/c1-15(16-2-4-20(25)5-3-16)29-24(33)19-8-30(9-19)23-22-6-17(10-32(22)28-14-26-23)18-7-27-31(11-18)21-12-34-13-21/h2-7,10-11,14-15,19,21H,8-9,12-13H2,1H3,(H,29,33)/t15-/m0/s1. The van der Waals surface area contributed by atoms with Crippen LogP contribution in [0.2, 0.25) is 0 Å². The number of hydrogen-bond donors (Lipinski definition) is 1. The number of halogens is 1. The summed E-state index contributed by atoms with van der Waals surface area (Å²) in [5.41, 5.74) is 3.78. The summed E-state index contributed by atoms with van der Waals surface area (Å²) in [7, 11) is 0. The van der Waals surface area contributed by atoms with Gasteiger partial charge in [0.15, 0.2) is 5.82 Å². The maximum Gasteiger partial charge on any atom is 0.227 e. The molecule has 3 aromatic heterocycles. The lowest BCUT2D eigenvalue weighted by Crippen LogP contribution is -2.54. The van der Waals surface area contributed by atoms with Gasteiger partial charge in [-0.1, -0.05) is 12.1 Å². The summed E-state index contributed by atoms with van der Waals surface area (Å²) in [6, 6.07) is 8.37. The lowest BCUT2D eigenvalue weighted by molar-refractivity contribution is -0.126. The zero-order valence-corrected chi connectivity index (χ0v) is 18.6. The molecule has 2 aliphatic heterocycles. The molecule has 2 saturated heterocycles. The first-order valence-corrected chi connectivity index (χ1v) is 11.3. The number of hydrogen-bond acceptors (Lipinski definition) is 6. The summed E-state index contributed by atoms with van der Waals surface area (Å²) < 4.78 is 22.2. The van der Waals surface area contributed by atoms with E-state index in [1.165, 1.54) is 18.5 Å². The predicted molar refractivity (Wildman–Crippen MR) is 123 cm³/mol. The van der Waals surface area contributed by atoms with Gasteiger partial charge in [0.05, 0.1) is 37.4 Å². The summed E-state index contributed by atoms with van der Waals surface area (Å²) in [5, 5.41) is 11.9. The minimum atomic E-state index is -0.289. The number of nitrogens with zero attached hydrogens (tertiary/aromatic N) is 6. The molecule has 1 aromatic carbocycles. The summed E-state index contributed by atoms with van der Waals surface area (Å²) in [4.78, 5) is 19.3. The van der Waals surface area contributed by atoms with E-state index in [2.05, 4.69) is 31.5 Å². The van der Waals surface area contributed by atoms with Crippen LogP contribution in [0.1, 0.15) is 24.6 Å². The molecule has 0 radical (unpaired) electrons. The number of amides is 1. The van der Waals surface area contributed by atoms with Crippen molar-refractivity contribution in [2.24, 2.45) is 5.92 Å². The molecule has 1 atom stereocenters. The molecule has 1 amide bonds.